The quantitative estimate of drug-likeness (QED) is 0.621. The van der Waals surface area contributed by atoms with E-state index in [0.717, 1.165) is 0 Å². The maximum Gasteiger partial charge on any atom is -0.00516 e. The van der Waals surface area contributed by atoms with Crippen LogP contribution in [0.5, 0.6) is 0 Å². The zero-order valence-corrected chi connectivity index (χ0v) is 7.94. The van der Waals surface area contributed by atoms with E-state index in [2.05, 4.69) is 26.2 Å². The second-order valence-electron chi connectivity index (χ2n) is 1.62. The minimum atomic E-state index is 1.18. The molecule has 0 aromatic rings. The highest BCUT2D eigenvalue weighted by Gasteiger charge is 1.84. The number of thioether (sulfide) groups is 2. The summed E-state index contributed by atoms with van der Waals surface area (Å²) in [5.74, 6) is 2.37. The van der Waals surface area contributed by atoms with E-state index >= 15 is 0 Å². The van der Waals surface area contributed by atoms with E-state index in [9.17, 15) is 0 Å². The molecule has 0 atom stereocenters. The molecule has 0 N–H and O–H groups in total. The molecule has 9 heavy (non-hydrogen) atoms. The predicted molar refractivity (Wildman–Crippen MR) is 50.0 cm³/mol. The van der Waals surface area contributed by atoms with Gasteiger partial charge in [-0.25, -0.2) is 0 Å². The summed E-state index contributed by atoms with van der Waals surface area (Å²) in [6.07, 6.45) is 0. The molecule has 0 heterocycles. The lowest BCUT2D eigenvalue weighted by Crippen LogP contribution is -1.68. The fraction of sp³-hybridized carbons (Fsp3) is 0.714. The van der Waals surface area contributed by atoms with Crippen molar-refractivity contribution < 1.29 is 0 Å². The number of hydrogen-bond acceptors (Lipinski definition) is 2. The molecule has 0 bridgehead atoms. The molecule has 2 heteroatoms. The molecule has 0 nitrogen and oxygen atoms in total. The Balaban J connectivity index is 3.30. The Kier molecular flexibility index (Phi) is 6.88. The highest BCUT2D eigenvalue weighted by Crippen LogP contribution is 2.17. The molecule has 0 aromatic heterocycles. The minimum absolute atomic E-state index is 1.18. The Morgan fingerprint density at radius 2 is 2.00 bits per heavy atom. The SMILES string of the molecule is CCS/C=C(\C)SCC. The molecular formula is C7H14S2. The Morgan fingerprint density at radius 3 is 2.44 bits per heavy atom. The second-order valence-corrected chi connectivity index (χ2v) is 4.27. The normalized spacial score (nSPS) is 12.1. The van der Waals surface area contributed by atoms with Crippen molar-refractivity contribution in [1.82, 2.24) is 0 Å². The monoisotopic (exact) mass is 162 g/mol. The smallest absolute Gasteiger partial charge is 0.00516 e. The highest BCUT2D eigenvalue weighted by molar-refractivity contribution is 8.06. The maximum absolute atomic E-state index is 2.23. The van der Waals surface area contributed by atoms with Crippen molar-refractivity contribution in [3.8, 4) is 0 Å². The molecule has 0 aliphatic carbocycles. The van der Waals surface area contributed by atoms with E-state index < -0.39 is 0 Å². The lowest BCUT2D eigenvalue weighted by molar-refractivity contribution is 1.52. The van der Waals surface area contributed by atoms with Gasteiger partial charge in [-0.1, -0.05) is 13.8 Å². The van der Waals surface area contributed by atoms with Crippen molar-refractivity contribution in [3.63, 3.8) is 0 Å². The van der Waals surface area contributed by atoms with Gasteiger partial charge in [-0.3, -0.25) is 0 Å². The summed E-state index contributed by atoms with van der Waals surface area (Å²) in [5, 5.41) is 2.23. The maximum atomic E-state index is 2.23. The van der Waals surface area contributed by atoms with Crippen molar-refractivity contribution in [2.45, 2.75) is 20.8 Å². The molecular weight excluding hydrogens is 148 g/mol. The summed E-state index contributed by atoms with van der Waals surface area (Å²) in [6.45, 7) is 6.51. The molecule has 0 saturated heterocycles. The van der Waals surface area contributed by atoms with E-state index in [-0.39, 0.29) is 0 Å². The van der Waals surface area contributed by atoms with Crippen LogP contribution in [0.2, 0.25) is 0 Å². The van der Waals surface area contributed by atoms with Crippen LogP contribution in [0, 0.1) is 0 Å². The molecule has 0 aromatic carbocycles. The first-order chi connectivity index (χ1) is 4.31. The Bertz CT molecular complexity index is 86.9. The highest BCUT2D eigenvalue weighted by atomic mass is 32.2. The van der Waals surface area contributed by atoms with Gasteiger partial charge in [0.05, 0.1) is 0 Å². The van der Waals surface area contributed by atoms with Crippen LogP contribution in [-0.2, 0) is 0 Å². The Hall–Kier alpha value is 0.440. The predicted octanol–water partition coefficient (Wildman–Crippen LogP) is 3.35. The topological polar surface area (TPSA) is 0 Å². The van der Waals surface area contributed by atoms with Gasteiger partial charge in [0.25, 0.3) is 0 Å². The largest absolute Gasteiger partial charge is 0.134 e. The third-order valence-corrected chi connectivity index (χ3v) is 2.65. The molecule has 0 fully saturated rings. The van der Waals surface area contributed by atoms with Gasteiger partial charge < -0.3 is 0 Å². The summed E-state index contributed by atoms with van der Waals surface area (Å²) < 4.78 is 0. The van der Waals surface area contributed by atoms with Crippen LogP contribution in [0.3, 0.4) is 0 Å². The third kappa shape index (κ3) is 6.32. The standard InChI is InChI=1S/C7H14S2/c1-4-8-6-7(3)9-5-2/h6H,4-5H2,1-3H3/b7-6+. The van der Waals surface area contributed by atoms with Crippen LogP contribution < -0.4 is 0 Å². The van der Waals surface area contributed by atoms with Gasteiger partial charge in [0.1, 0.15) is 0 Å². The van der Waals surface area contributed by atoms with Gasteiger partial charge in [0.15, 0.2) is 0 Å². The van der Waals surface area contributed by atoms with Crippen LogP contribution in [0.15, 0.2) is 10.3 Å². The van der Waals surface area contributed by atoms with Crippen LogP contribution >= 0.6 is 23.5 Å². The van der Waals surface area contributed by atoms with Crippen molar-refractivity contribution in [2.75, 3.05) is 11.5 Å². The van der Waals surface area contributed by atoms with E-state index in [4.69, 9.17) is 0 Å². The Morgan fingerprint density at radius 1 is 1.33 bits per heavy atom. The van der Waals surface area contributed by atoms with Gasteiger partial charge >= 0.3 is 0 Å². The Labute approximate surface area is 66.5 Å². The zero-order chi connectivity index (χ0) is 7.11. The lowest BCUT2D eigenvalue weighted by atomic mass is 10.8. The van der Waals surface area contributed by atoms with E-state index in [1.807, 2.05) is 23.5 Å². The summed E-state index contributed by atoms with van der Waals surface area (Å²) in [5.41, 5.74) is 0. The summed E-state index contributed by atoms with van der Waals surface area (Å²) in [7, 11) is 0. The van der Waals surface area contributed by atoms with E-state index in [1.165, 1.54) is 16.4 Å². The first kappa shape index (κ1) is 9.44. The molecule has 0 aliphatic heterocycles. The summed E-state index contributed by atoms with van der Waals surface area (Å²) in [6, 6.07) is 0. The van der Waals surface area contributed by atoms with Crippen LogP contribution in [0.4, 0.5) is 0 Å². The molecule has 0 aliphatic rings. The fourth-order valence-electron chi connectivity index (χ4n) is 0.462. The zero-order valence-electron chi connectivity index (χ0n) is 6.31. The first-order valence-electron chi connectivity index (χ1n) is 3.22. The van der Waals surface area contributed by atoms with Gasteiger partial charge in [0.2, 0.25) is 0 Å². The average Bonchev–Trinajstić information content (AvgIpc) is 1.85. The van der Waals surface area contributed by atoms with Crippen molar-refractivity contribution in [2.24, 2.45) is 0 Å². The molecule has 0 spiro atoms. The minimum Gasteiger partial charge on any atom is -0.134 e. The number of hydrogen-bond donors (Lipinski definition) is 0. The fourth-order valence-corrected chi connectivity index (χ4v) is 1.80. The van der Waals surface area contributed by atoms with Crippen molar-refractivity contribution in [3.05, 3.63) is 10.3 Å². The van der Waals surface area contributed by atoms with Gasteiger partial charge in [0, 0.05) is 0 Å². The molecule has 0 saturated carbocycles. The van der Waals surface area contributed by atoms with E-state index in [0.29, 0.717) is 0 Å². The number of rotatable bonds is 4. The average molecular weight is 162 g/mol. The van der Waals surface area contributed by atoms with Crippen molar-refractivity contribution in [1.29, 1.82) is 0 Å². The number of allylic oxidation sites excluding steroid dienone is 1. The molecule has 0 unspecified atom stereocenters. The lowest BCUT2D eigenvalue weighted by Gasteiger charge is -1.94. The van der Waals surface area contributed by atoms with Gasteiger partial charge in [-0.15, -0.1) is 23.5 Å². The summed E-state index contributed by atoms with van der Waals surface area (Å²) >= 11 is 3.78. The third-order valence-electron chi connectivity index (χ3n) is 0.788. The molecule has 0 radical (unpaired) electrons. The van der Waals surface area contributed by atoms with E-state index in [1.54, 1.807) is 0 Å². The second kappa shape index (κ2) is 6.56. The van der Waals surface area contributed by atoms with Gasteiger partial charge in [-0.05, 0) is 28.7 Å². The van der Waals surface area contributed by atoms with Crippen LogP contribution in [0.25, 0.3) is 0 Å². The van der Waals surface area contributed by atoms with Gasteiger partial charge in [-0.2, -0.15) is 0 Å². The first-order valence-corrected chi connectivity index (χ1v) is 5.25. The molecule has 54 valence electrons. The van der Waals surface area contributed by atoms with Crippen molar-refractivity contribution >= 4 is 23.5 Å². The van der Waals surface area contributed by atoms with Crippen LogP contribution in [0.1, 0.15) is 20.8 Å². The van der Waals surface area contributed by atoms with Crippen LogP contribution in [-0.4, -0.2) is 11.5 Å². The molecule has 0 rings (SSSR count). The summed E-state index contributed by atoms with van der Waals surface area (Å²) in [4.78, 5) is 1.43. The molecule has 0 amide bonds.